The van der Waals surface area contributed by atoms with Gasteiger partial charge in [0.2, 0.25) is 5.91 Å². The number of hydrogen-bond acceptors (Lipinski definition) is 4. The van der Waals surface area contributed by atoms with E-state index in [1.165, 1.54) is 6.92 Å². The molecule has 1 fully saturated rings. The summed E-state index contributed by atoms with van der Waals surface area (Å²) in [5.41, 5.74) is -0.729. The van der Waals surface area contributed by atoms with Crippen molar-refractivity contribution >= 4 is 23.6 Å². The third-order valence-corrected chi connectivity index (χ3v) is 3.87. The molecule has 4 amide bonds. The maximum absolute atomic E-state index is 12.4. The van der Waals surface area contributed by atoms with Gasteiger partial charge in [-0.3, -0.25) is 29.4 Å². The lowest BCUT2D eigenvalue weighted by Crippen LogP contribution is -2.62. The maximum atomic E-state index is 12.4. The van der Waals surface area contributed by atoms with Crippen molar-refractivity contribution in [3.63, 3.8) is 0 Å². The van der Waals surface area contributed by atoms with Gasteiger partial charge in [-0.25, -0.2) is 0 Å². The Morgan fingerprint density at radius 1 is 1.00 bits per heavy atom. The van der Waals surface area contributed by atoms with Crippen LogP contribution in [0.2, 0.25) is 0 Å². The first-order chi connectivity index (χ1) is 10.4. The van der Waals surface area contributed by atoms with Crippen LogP contribution in [0.4, 0.5) is 0 Å². The molecule has 6 nitrogen and oxygen atoms in total. The van der Waals surface area contributed by atoms with E-state index in [0.717, 1.165) is 4.90 Å². The normalized spacial score (nSPS) is 23.7. The van der Waals surface area contributed by atoms with E-state index >= 15 is 0 Å². The minimum Gasteiger partial charge on any atom is -0.294 e. The molecule has 1 atom stereocenters. The summed E-state index contributed by atoms with van der Waals surface area (Å²) in [6.07, 6.45) is 0.249. The van der Waals surface area contributed by atoms with Crippen molar-refractivity contribution in [1.29, 1.82) is 0 Å². The average molecular weight is 302 g/mol. The van der Waals surface area contributed by atoms with E-state index in [4.69, 9.17) is 0 Å². The van der Waals surface area contributed by atoms with Gasteiger partial charge in [-0.15, -0.1) is 0 Å². The van der Waals surface area contributed by atoms with Gasteiger partial charge in [0.05, 0.1) is 11.1 Å². The second-order valence-corrected chi connectivity index (χ2v) is 5.14. The highest BCUT2D eigenvalue weighted by Gasteiger charge is 2.52. The van der Waals surface area contributed by atoms with E-state index in [-0.39, 0.29) is 18.7 Å². The van der Waals surface area contributed by atoms with Gasteiger partial charge in [0.15, 0.2) is 0 Å². The second-order valence-electron chi connectivity index (χ2n) is 5.14. The summed E-state index contributed by atoms with van der Waals surface area (Å²) in [6.45, 7) is 5.51. The number of piperidine rings is 1. The molecule has 0 bridgehead atoms. The van der Waals surface area contributed by atoms with Crippen molar-refractivity contribution in [3.05, 3.63) is 35.4 Å². The summed E-state index contributed by atoms with van der Waals surface area (Å²) in [7, 11) is 0. The van der Waals surface area contributed by atoms with E-state index in [0.29, 0.717) is 11.1 Å². The second kappa shape index (κ2) is 5.71. The predicted octanol–water partition coefficient (Wildman–Crippen LogP) is 1.50. The topological polar surface area (TPSA) is 83.6 Å². The summed E-state index contributed by atoms with van der Waals surface area (Å²) < 4.78 is 0. The molecule has 0 saturated carbocycles. The van der Waals surface area contributed by atoms with Gasteiger partial charge in [-0.05, 0) is 25.5 Å². The predicted molar refractivity (Wildman–Crippen MR) is 79.1 cm³/mol. The van der Waals surface area contributed by atoms with Gasteiger partial charge in [0.25, 0.3) is 17.7 Å². The maximum Gasteiger partial charge on any atom is 0.262 e. The van der Waals surface area contributed by atoms with Gasteiger partial charge >= 0.3 is 0 Å². The number of nitrogens with one attached hydrogen (secondary N) is 1. The van der Waals surface area contributed by atoms with Crippen LogP contribution in [0.5, 0.6) is 0 Å². The summed E-state index contributed by atoms with van der Waals surface area (Å²) >= 11 is 0. The molecule has 0 aliphatic carbocycles. The molecule has 1 aromatic carbocycles. The van der Waals surface area contributed by atoms with E-state index in [1.54, 1.807) is 24.3 Å². The van der Waals surface area contributed by atoms with Gasteiger partial charge in [-0.2, -0.15) is 0 Å². The molecule has 1 aromatic rings. The van der Waals surface area contributed by atoms with Crippen LogP contribution in [0.1, 0.15) is 54.3 Å². The lowest BCUT2D eigenvalue weighted by atomic mass is 9.89. The van der Waals surface area contributed by atoms with Crippen molar-refractivity contribution in [1.82, 2.24) is 10.2 Å². The first-order valence-electron chi connectivity index (χ1n) is 7.27. The van der Waals surface area contributed by atoms with E-state index in [1.807, 2.05) is 13.8 Å². The molecule has 1 saturated heterocycles. The number of rotatable bonds is 1. The Labute approximate surface area is 128 Å². The van der Waals surface area contributed by atoms with Crippen molar-refractivity contribution < 1.29 is 19.2 Å². The van der Waals surface area contributed by atoms with E-state index in [2.05, 4.69) is 5.32 Å². The SMILES string of the molecule is CC.CC1(N2C(=O)c3ccccc3C2=O)CCC(=O)NC1=O. The molecule has 2 heterocycles. The minimum absolute atomic E-state index is 0.107. The van der Waals surface area contributed by atoms with Crippen molar-refractivity contribution in [2.24, 2.45) is 0 Å². The summed E-state index contributed by atoms with van der Waals surface area (Å²) in [5, 5.41) is 2.19. The minimum atomic E-state index is -1.32. The highest BCUT2D eigenvalue weighted by molar-refractivity contribution is 6.24. The molecule has 0 spiro atoms. The smallest absolute Gasteiger partial charge is 0.262 e. The molecule has 0 aromatic heterocycles. The monoisotopic (exact) mass is 302 g/mol. The van der Waals surface area contributed by atoms with Crippen molar-refractivity contribution in [2.75, 3.05) is 0 Å². The lowest BCUT2D eigenvalue weighted by molar-refractivity contribution is -0.140. The summed E-state index contributed by atoms with van der Waals surface area (Å²) in [6, 6.07) is 6.45. The Kier molecular flexibility index (Phi) is 4.12. The molecule has 3 rings (SSSR count). The van der Waals surface area contributed by atoms with Gasteiger partial charge in [0, 0.05) is 6.42 Å². The summed E-state index contributed by atoms with van der Waals surface area (Å²) in [5.74, 6) is -1.97. The number of carbonyl (C=O) groups excluding carboxylic acids is 4. The molecular formula is C16H18N2O4. The first-order valence-corrected chi connectivity index (χ1v) is 7.27. The van der Waals surface area contributed by atoms with Crippen LogP contribution in [0, 0.1) is 0 Å². The zero-order chi connectivity index (χ0) is 16.5. The fourth-order valence-corrected chi connectivity index (χ4v) is 2.65. The van der Waals surface area contributed by atoms with Crippen LogP contribution >= 0.6 is 0 Å². The Bertz CT molecular complexity index is 633. The molecule has 1 N–H and O–H groups in total. The molecular weight excluding hydrogens is 284 g/mol. The van der Waals surface area contributed by atoms with Crippen LogP contribution in [-0.4, -0.2) is 34.1 Å². The average Bonchev–Trinajstić information content (AvgIpc) is 2.78. The standard InChI is InChI=1S/C14H12N2O4.C2H6/c1-14(7-6-10(17)15-13(14)20)16-11(18)8-4-2-3-5-9(8)12(16)19;1-2/h2-5H,6-7H2,1H3,(H,15,17,20);1-2H3. The number of amides is 4. The number of hydrogen-bond donors (Lipinski definition) is 1. The first kappa shape index (κ1) is 15.9. The summed E-state index contributed by atoms with van der Waals surface area (Å²) in [4.78, 5) is 49.0. The van der Waals surface area contributed by atoms with Crippen LogP contribution < -0.4 is 5.32 Å². The lowest BCUT2D eigenvalue weighted by Gasteiger charge is -2.38. The van der Waals surface area contributed by atoms with Crippen LogP contribution in [0.3, 0.4) is 0 Å². The number of nitrogens with zero attached hydrogens (tertiary/aromatic N) is 1. The molecule has 116 valence electrons. The third kappa shape index (κ3) is 2.20. The van der Waals surface area contributed by atoms with Crippen LogP contribution in [0.25, 0.3) is 0 Å². The highest BCUT2D eigenvalue weighted by Crippen LogP contribution is 2.33. The zero-order valence-electron chi connectivity index (χ0n) is 12.8. The van der Waals surface area contributed by atoms with Gasteiger partial charge in [-0.1, -0.05) is 26.0 Å². The number of carbonyl (C=O) groups is 4. The third-order valence-electron chi connectivity index (χ3n) is 3.87. The zero-order valence-corrected chi connectivity index (χ0v) is 12.8. The van der Waals surface area contributed by atoms with Crippen molar-refractivity contribution in [3.8, 4) is 0 Å². The Morgan fingerprint density at radius 3 is 1.95 bits per heavy atom. The quantitative estimate of drug-likeness (QED) is 0.797. The molecule has 2 aliphatic heterocycles. The Hall–Kier alpha value is -2.50. The van der Waals surface area contributed by atoms with Crippen LogP contribution in [0.15, 0.2) is 24.3 Å². The fourth-order valence-electron chi connectivity index (χ4n) is 2.65. The molecule has 0 radical (unpaired) electrons. The van der Waals surface area contributed by atoms with Gasteiger partial charge in [0.1, 0.15) is 5.54 Å². The molecule has 2 aliphatic rings. The number of fused-ring (bicyclic) bond motifs is 1. The Morgan fingerprint density at radius 2 is 1.50 bits per heavy atom. The van der Waals surface area contributed by atoms with E-state index < -0.39 is 23.3 Å². The van der Waals surface area contributed by atoms with E-state index in [9.17, 15) is 19.2 Å². The van der Waals surface area contributed by atoms with Gasteiger partial charge < -0.3 is 0 Å². The van der Waals surface area contributed by atoms with Crippen LogP contribution in [-0.2, 0) is 9.59 Å². The molecule has 1 unspecified atom stereocenters. The molecule has 6 heteroatoms. The number of benzene rings is 1. The Balaban J connectivity index is 0.000000847. The number of imide groups is 2. The fraction of sp³-hybridized carbons (Fsp3) is 0.375. The molecule has 22 heavy (non-hydrogen) atoms. The highest BCUT2D eigenvalue weighted by atomic mass is 16.2. The van der Waals surface area contributed by atoms with Crippen molar-refractivity contribution in [2.45, 2.75) is 39.2 Å². The largest absolute Gasteiger partial charge is 0.294 e.